The highest BCUT2D eigenvalue weighted by Crippen LogP contribution is 2.41. The van der Waals surface area contributed by atoms with Crippen molar-refractivity contribution in [1.82, 2.24) is 0 Å². The molecule has 0 saturated heterocycles. The smallest absolute Gasteiger partial charge is 0.303 e. The lowest BCUT2D eigenvalue weighted by atomic mass is 9.85. The number of carbonyl (C=O) groups is 3. The average molecular weight is 362 g/mol. The molecule has 24 heavy (non-hydrogen) atoms. The molecular formula is C16H27O7P. The molecule has 0 spiro atoms. The van der Waals surface area contributed by atoms with E-state index in [9.17, 15) is 19.5 Å². The number of aliphatic carboxylic acids is 2. The van der Waals surface area contributed by atoms with E-state index >= 15 is 0 Å². The normalized spacial score (nSPS) is 26.4. The zero-order valence-corrected chi connectivity index (χ0v) is 14.9. The molecule has 0 heterocycles. The third kappa shape index (κ3) is 7.24. The van der Waals surface area contributed by atoms with Crippen LogP contribution in [-0.2, 0) is 18.9 Å². The number of carboxylic acids is 2. The van der Waals surface area contributed by atoms with E-state index in [4.69, 9.17) is 14.7 Å². The zero-order valence-electron chi connectivity index (χ0n) is 13.7. The number of hydrogen-bond donors (Lipinski definition) is 3. The van der Waals surface area contributed by atoms with E-state index in [0.717, 1.165) is 0 Å². The molecule has 1 fully saturated rings. The molecule has 0 aromatic rings. The Morgan fingerprint density at radius 1 is 0.917 bits per heavy atom. The summed E-state index contributed by atoms with van der Waals surface area (Å²) in [4.78, 5) is 33.1. The van der Waals surface area contributed by atoms with E-state index in [1.54, 1.807) is 0 Å². The first-order valence-electron chi connectivity index (χ1n) is 8.34. The van der Waals surface area contributed by atoms with Crippen molar-refractivity contribution in [2.24, 2.45) is 11.8 Å². The molecule has 0 amide bonds. The van der Waals surface area contributed by atoms with Crippen LogP contribution in [-0.4, -0.2) is 45.2 Å². The van der Waals surface area contributed by atoms with E-state index in [1.165, 1.54) is 0 Å². The Hall–Kier alpha value is -1.04. The van der Waals surface area contributed by atoms with Crippen molar-refractivity contribution in [3.05, 3.63) is 0 Å². The molecular weight excluding hydrogens is 335 g/mol. The lowest BCUT2D eigenvalue weighted by Gasteiger charge is -2.24. The highest BCUT2D eigenvalue weighted by Gasteiger charge is 2.42. The van der Waals surface area contributed by atoms with Gasteiger partial charge < -0.3 is 19.8 Å². The van der Waals surface area contributed by atoms with E-state index < -0.39 is 18.0 Å². The van der Waals surface area contributed by atoms with E-state index in [1.807, 2.05) is 0 Å². The van der Waals surface area contributed by atoms with Crippen LogP contribution < -0.4 is 0 Å². The summed E-state index contributed by atoms with van der Waals surface area (Å²) >= 11 is 0. The molecule has 5 atom stereocenters. The maximum atomic E-state index is 11.9. The summed E-state index contributed by atoms with van der Waals surface area (Å²) in [7, 11) is 2.18. The summed E-state index contributed by atoms with van der Waals surface area (Å²) in [5.41, 5.74) is 0. The van der Waals surface area contributed by atoms with Crippen LogP contribution in [0.4, 0.5) is 0 Å². The number of aliphatic hydroxyl groups excluding tert-OH is 1. The number of aliphatic hydroxyl groups is 1. The maximum absolute atomic E-state index is 11.9. The van der Waals surface area contributed by atoms with Crippen LogP contribution in [0.15, 0.2) is 0 Å². The molecule has 3 N–H and O–H groups in total. The van der Waals surface area contributed by atoms with Crippen molar-refractivity contribution in [3.63, 3.8) is 0 Å². The third-order valence-corrected chi connectivity index (χ3v) is 5.06. The van der Waals surface area contributed by atoms with Crippen molar-refractivity contribution >= 4 is 27.2 Å². The highest BCUT2D eigenvalue weighted by molar-refractivity contribution is 7.09. The predicted molar refractivity (Wildman–Crippen MR) is 89.4 cm³/mol. The van der Waals surface area contributed by atoms with E-state index in [-0.39, 0.29) is 36.6 Å². The van der Waals surface area contributed by atoms with Gasteiger partial charge in [0.25, 0.3) is 0 Å². The van der Waals surface area contributed by atoms with Crippen LogP contribution in [0, 0.1) is 11.8 Å². The Kier molecular flexibility index (Phi) is 9.41. The SMILES string of the molecule is O=C(O)CCCCC(=O)CC[C@@H]1[C@@H](CCC(=O)O)[C@@H](O)C[C@H]1OP. The average Bonchev–Trinajstić information content (AvgIpc) is 2.82. The summed E-state index contributed by atoms with van der Waals surface area (Å²) in [5, 5.41) is 27.5. The molecule has 0 bridgehead atoms. The van der Waals surface area contributed by atoms with E-state index in [0.29, 0.717) is 44.9 Å². The molecule has 0 aromatic carbocycles. The second-order valence-electron chi connectivity index (χ2n) is 6.42. The second-order valence-corrected chi connectivity index (χ2v) is 6.69. The van der Waals surface area contributed by atoms with Gasteiger partial charge in [-0.3, -0.25) is 14.4 Å². The first kappa shape index (κ1) is 21.0. The molecule has 7 nitrogen and oxygen atoms in total. The van der Waals surface area contributed by atoms with Gasteiger partial charge in [0, 0.05) is 41.6 Å². The Bertz CT molecular complexity index is 440. The van der Waals surface area contributed by atoms with Gasteiger partial charge in [0.15, 0.2) is 0 Å². The Morgan fingerprint density at radius 3 is 2.08 bits per heavy atom. The largest absolute Gasteiger partial charge is 0.481 e. The molecule has 0 aromatic heterocycles. The van der Waals surface area contributed by atoms with Crippen molar-refractivity contribution in [2.75, 3.05) is 0 Å². The van der Waals surface area contributed by atoms with Crippen LogP contribution >= 0.6 is 9.47 Å². The van der Waals surface area contributed by atoms with Crippen LogP contribution in [0.3, 0.4) is 0 Å². The van der Waals surface area contributed by atoms with Crippen LogP contribution in [0.5, 0.6) is 0 Å². The summed E-state index contributed by atoms with van der Waals surface area (Å²) in [6, 6.07) is 0. The lowest BCUT2D eigenvalue weighted by Crippen LogP contribution is -2.24. The molecule has 1 aliphatic rings. The number of ketones is 1. The van der Waals surface area contributed by atoms with Crippen molar-refractivity contribution in [2.45, 2.75) is 70.0 Å². The standard InChI is InChI=1S/C16H27O7P/c17-10(3-1-2-4-15(19)20)5-6-12-11(7-8-16(21)22)13(18)9-14(12)23-24/h11-14,18H,1-9,24H2,(H,19,20)(H,21,22)/t11-,12-,13+,14-/m1/s1. The number of unbranched alkanes of at least 4 members (excludes halogenated alkanes) is 1. The number of hydrogen-bond acceptors (Lipinski definition) is 5. The van der Waals surface area contributed by atoms with Gasteiger partial charge in [0.05, 0.1) is 12.2 Å². The zero-order chi connectivity index (χ0) is 18.1. The molecule has 8 heteroatoms. The van der Waals surface area contributed by atoms with Crippen molar-refractivity contribution < 1.29 is 34.2 Å². The minimum absolute atomic E-state index is 0.00899. The number of carbonyl (C=O) groups excluding carboxylic acids is 1. The van der Waals surface area contributed by atoms with Gasteiger partial charge in [0.1, 0.15) is 5.78 Å². The Labute approximate surface area is 144 Å². The van der Waals surface area contributed by atoms with Gasteiger partial charge in [-0.15, -0.1) is 0 Å². The van der Waals surface area contributed by atoms with Gasteiger partial charge in [0.2, 0.25) is 0 Å². The molecule has 0 aliphatic heterocycles. The van der Waals surface area contributed by atoms with Crippen molar-refractivity contribution in [1.29, 1.82) is 0 Å². The fourth-order valence-electron chi connectivity index (χ4n) is 3.45. The molecule has 1 rings (SSSR count). The van der Waals surface area contributed by atoms with Gasteiger partial charge in [-0.25, -0.2) is 0 Å². The quantitative estimate of drug-likeness (QED) is 0.359. The molecule has 138 valence electrons. The maximum Gasteiger partial charge on any atom is 0.303 e. The fourth-order valence-corrected chi connectivity index (χ4v) is 3.77. The van der Waals surface area contributed by atoms with Crippen LogP contribution in [0.1, 0.15) is 57.8 Å². The Balaban J connectivity index is 2.44. The van der Waals surface area contributed by atoms with Gasteiger partial charge in [-0.1, -0.05) is 0 Å². The topological polar surface area (TPSA) is 121 Å². The monoisotopic (exact) mass is 362 g/mol. The fraction of sp³-hybridized carbons (Fsp3) is 0.812. The highest BCUT2D eigenvalue weighted by atomic mass is 31.0. The first-order chi connectivity index (χ1) is 11.3. The first-order valence-corrected chi connectivity index (χ1v) is 8.81. The summed E-state index contributed by atoms with van der Waals surface area (Å²) in [6.45, 7) is 0. The molecule has 1 saturated carbocycles. The molecule has 1 aliphatic carbocycles. The van der Waals surface area contributed by atoms with Crippen molar-refractivity contribution in [3.8, 4) is 0 Å². The Morgan fingerprint density at radius 2 is 1.50 bits per heavy atom. The summed E-state index contributed by atoms with van der Waals surface area (Å²) in [6.07, 6.45) is 2.39. The molecule has 1 unspecified atom stereocenters. The summed E-state index contributed by atoms with van der Waals surface area (Å²) in [5.74, 6) is -1.90. The third-order valence-electron chi connectivity index (χ3n) is 4.71. The predicted octanol–water partition coefficient (Wildman–Crippen LogP) is 2.02. The minimum atomic E-state index is -0.898. The number of Topliss-reactive ketones (excluding diaryl/α,β-unsaturated/α-hetero) is 1. The van der Waals surface area contributed by atoms with Gasteiger partial charge >= 0.3 is 11.9 Å². The minimum Gasteiger partial charge on any atom is -0.481 e. The molecule has 0 radical (unpaired) electrons. The summed E-state index contributed by atoms with van der Waals surface area (Å²) < 4.78 is 5.32. The van der Waals surface area contributed by atoms with Crippen LogP contribution in [0.2, 0.25) is 0 Å². The lowest BCUT2D eigenvalue weighted by molar-refractivity contribution is -0.138. The number of carboxylic acid groups (broad SMARTS) is 2. The van der Waals surface area contributed by atoms with Crippen LogP contribution in [0.25, 0.3) is 0 Å². The second kappa shape index (κ2) is 10.7. The van der Waals surface area contributed by atoms with Gasteiger partial charge in [-0.2, -0.15) is 0 Å². The van der Waals surface area contributed by atoms with E-state index in [2.05, 4.69) is 9.47 Å². The number of rotatable bonds is 12. The van der Waals surface area contributed by atoms with Gasteiger partial charge in [-0.05, 0) is 37.5 Å².